The first-order chi connectivity index (χ1) is 11.1. The van der Waals surface area contributed by atoms with Crippen molar-refractivity contribution >= 4 is 11.9 Å². The molecule has 1 aliphatic rings. The second-order valence-electron chi connectivity index (χ2n) is 5.50. The third kappa shape index (κ3) is 3.07. The summed E-state index contributed by atoms with van der Waals surface area (Å²) in [7, 11) is 1.76. The maximum Gasteiger partial charge on any atom is 0.322 e. The Bertz CT molecular complexity index is 698. The third-order valence-electron chi connectivity index (χ3n) is 4.04. The van der Waals surface area contributed by atoms with Crippen molar-refractivity contribution in [3.05, 3.63) is 36.2 Å². The molecule has 1 amide bonds. The van der Waals surface area contributed by atoms with Crippen molar-refractivity contribution in [1.29, 1.82) is 0 Å². The molecule has 8 heteroatoms. The Kier molecular flexibility index (Phi) is 4.07. The molecule has 1 aromatic heterocycles. The minimum atomic E-state index is -0.911. The number of amides is 1. The third-order valence-corrected chi connectivity index (χ3v) is 4.04. The lowest BCUT2D eigenvalue weighted by Crippen LogP contribution is -2.56. The van der Waals surface area contributed by atoms with Gasteiger partial charge in [0.05, 0.1) is 0 Å². The summed E-state index contributed by atoms with van der Waals surface area (Å²) in [6.07, 6.45) is 1.42. The summed E-state index contributed by atoms with van der Waals surface area (Å²) in [5.41, 5.74) is 1.36. The zero-order valence-corrected chi connectivity index (χ0v) is 12.6. The van der Waals surface area contributed by atoms with Crippen molar-refractivity contribution in [2.75, 3.05) is 26.7 Å². The lowest BCUT2D eigenvalue weighted by Gasteiger charge is -2.37. The SMILES string of the molecule is CN1CCN(C(=O)c2ccc(-c3ncn[nH]3)cc2)C[C@H]1C(=O)O. The molecular weight excluding hydrogens is 298 g/mol. The number of H-pyrrole nitrogens is 1. The summed E-state index contributed by atoms with van der Waals surface area (Å²) in [4.78, 5) is 31.2. The number of likely N-dealkylation sites (N-methyl/N-ethyl adjacent to an activating group) is 1. The van der Waals surface area contributed by atoms with Crippen LogP contribution in [0.2, 0.25) is 0 Å². The van der Waals surface area contributed by atoms with E-state index >= 15 is 0 Å². The van der Waals surface area contributed by atoms with Gasteiger partial charge in [-0.15, -0.1) is 0 Å². The molecule has 0 bridgehead atoms. The highest BCUT2D eigenvalue weighted by molar-refractivity contribution is 5.95. The molecule has 0 aliphatic carbocycles. The van der Waals surface area contributed by atoms with Crippen LogP contribution < -0.4 is 0 Å². The maximum atomic E-state index is 12.6. The topological polar surface area (TPSA) is 102 Å². The number of carboxylic acid groups (broad SMARTS) is 1. The van der Waals surface area contributed by atoms with Crippen molar-refractivity contribution in [3.63, 3.8) is 0 Å². The Morgan fingerprint density at radius 3 is 2.61 bits per heavy atom. The molecule has 0 radical (unpaired) electrons. The van der Waals surface area contributed by atoms with Crippen LogP contribution in [0.25, 0.3) is 11.4 Å². The normalized spacial score (nSPS) is 18.8. The molecule has 23 heavy (non-hydrogen) atoms. The minimum Gasteiger partial charge on any atom is -0.480 e. The molecule has 2 N–H and O–H groups in total. The standard InChI is InChI=1S/C15H17N5O3/c1-19-6-7-20(8-12(19)15(22)23)14(21)11-4-2-10(3-5-11)13-16-9-17-18-13/h2-5,9,12H,6-8H2,1H3,(H,22,23)(H,16,17,18)/t12-/m0/s1. The Labute approximate surface area is 132 Å². The second-order valence-corrected chi connectivity index (χ2v) is 5.50. The monoisotopic (exact) mass is 315 g/mol. The zero-order chi connectivity index (χ0) is 16.4. The van der Waals surface area contributed by atoms with Gasteiger partial charge in [-0.25, -0.2) is 4.98 Å². The van der Waals surface area contributed by atoms with E-state index in [1.165, 1.54) is 6.33 Å². The first kappa shape index (κ1) is 15.2. The van der Waals surface area contributed by atoms with E-state index in [0.717, 1.165) is 5.56 Å². The Morgan fingerprint density at radius 2 is 2.00 bits per heavy atom. The van der Waals surface area contributed by atoms with E-state index in [4.69, 9.17) is 0 Å². The number of nitrogens with zero attached hydrogens (tertiary/aromatic N) is 4. The number of carbonyl (C=O) groups excluding carboxylic acids is 1. The fourth-order valence-electron chi connectivity index (χ4n) is 2.62. The number of carboxylic acids is 1. The van der Waals surface area contributed by atoms with Crippen molar-refractivity contribution < 1.29 is 14.7 Å². The van der Waals surface area contributed by atoms with Gasteiger partial charge in [0, 0.05) is 30.8 Å². The molecule has 2 heterocycles. The lowest BCUT2D eigenvalue weighted by molar-refractivity contribution is -0.144. The summed E-state index contributed by atoms with van der Waals surface area (Å²) in [6.45, 7) is 1.25. The summed E-state index contributed by atoms with van der Waals surface area (Å²) in [5, 5.41) is 15.8. The number of rotatable bonds is 3. The van der Waals surface area contributed by atoms with E-state index in [9.17, 15) is 14.7 Å². The molecule has 0 spiro atoms. The molecule has 2 aromatic rings. The van der Waals surface area contributed by atoms with E-state index < -0.39 is 12.0 Å². The molecule has 0 saturated carbocycles. The van der Waals surface area contributed by atoms with Crippen LogP contribution in [-0.2, 0) is 4.79 Å². The Balaban J connectivity index is 1.74. The molecule has 1 aliphatic heterocycles. The quantitative estimate of drug-likeness (QED) is 0.845. The summed E-state index contributed by atoms with van der Waals surface area (Å²) < 4.78 is 0. The highest BCUT2D eigenvalue weighted by atomic mass is 16.4. The van der Waals surface area contributed by atoms with Crippen LogP contribution in [0.15, 0.2) is 30.6 Å². The number of aliphatic carboxylic acids is 1. The molecular formula is C15H17N5O3. The molecule has 1 atom stereocenters. The zero-order valence-electron chi connectivity index (χ0n) is 12.6. The highest BCUT2D eigenvalue weighted by Gasteiger charge is 2.32. The van der Waals surface area contributed by atoms with Crippen LogP contribution in [0.5, 0.6) is 0 Å². The number of nitrogens with one attached hydrogen (secondary N) is 1. The molecule has 3 rings (SSSR count). The largest absolute Gasteiger partial charge is 0.480 e. The Morgan fingerprint density at radius 1 is 1.26 bits per heavy atom. The fraction of sp³-hybridized carbons (Fsp3) is 0.333. The van der Waals surface area contributed by atoms with Crippen molar-refractivity contribution in [2.24, 2.45) is 0 Å². The van der Waals surface area contributed by atoms with E-state index in [1.54, 1.807) is 41.1 Å². The summed E-state index contributed by atoms with van der Waals surface area (Å²) >= 11 is 0. The number of hydrogen-bond donors (Lipinski definition) is 2. The van der Waals surface area contributed by atoms with Gasteiger partial charge in [0.2, 0.25) is 0 Å². The second kappa shape index (κ2) is 6.17. The van der Waals surface area contributed by atoms with Crippen LogP contribution in [-0.4, -0.2) is 74.7 Å². The van der Waals surface area contributed by atoms with E-state index in [1.807, 2.05) is 0 Å². The van der Waals surface area contributed by atoms with Crippen molar-refractivity contribution in [1.82, 2.24) is 25.0 Å². The first-order valence-electron chi connectivity index (χ1n) is 7.24. The van der Waals surface area contributed by atoms with Crippen LogP contribution >= 0.6 is 0 Å². The Hall–Kier alpha value is -2.74. The smallest absolute Gasteiger partial charge is 0.322 e. The molecule has 120 valence electrons. The van der Waals surface area contributed by atoms with Gasteiger partial charge in [-0.1, -0.05) is 12.1 Å². The number of aromatic amines is 1. The molecule has 8 nitrogen and oxygen atoms in total. The number of aromatic nitrogens is 3. The lowest BCUT2D eigenvalue weighted by atomic mass is 10.1. The minimum absolute atomic E-state index is 0.159. The van der Waals surface area contributed by atoms with E-state index in [-0.39, 0.29) is 12.5 Å². The van der Waals surface area contributed by atoms with Crippen LogP contribution in [0.1, 0.15) is 10.4 Å². The van der Waals surface area contributed by atoms with Gasteiger partial charge in [-0.3, -0.25) is 19.6 Å². The van der Waals surface area contributed by atoms with Gasteiger partial charge < -0.3 is 10.0 Å². The van der Waals surface area contributed by atoms with Crippen LogP contribution in [0.3, 0.4) is 0 Å². The van der Waals surface area contributed by atoms with Gasteiger partial charge in [-0.2, -0.15) is 5.10 Å². The van der Waals surface area contributed by atoms with Crippen LogP contribution in [0.4, 0.5) is 0 Å². The summed E-state index contributed by atoms with van der Waals surface area (Å²) in [5.74, 6) is -0.436. The maximum absolute atomic E-state index is 12.6. The number of hydrogen-bond acceptors (Lipinski definition) is 5. The fourth-order valence-corrected chi connectivity index (χ4v) is 2.62. The highest BCUT2D eigenvalue weighted by Crippen LogP contribution is 2.17. The van der Waals surface area contributed by atoms with E-state index in [2.05, 4.69) is 15.2 Å². The molecule has 1 aromatic carbocycles. The predicted octanol–water partition coefficient (Wildman–Crippen LogP) is 0.312. The average Bonchev–Trinajstić information content (AvgIpc) is 3.09. The van der Waals surface area contributed by atoms with Crippen LogP contribution in [0, 0.1) is 0 Å². The first-order valence-corrected chi connectivity index (χ1v) is 7.24. The van der Waals surface area contributed by atoms with Gasteiger partial charge in [0.1, 0.15) is 12.4 Å². The van der Waals surface area contributed by atoms with Gasteiger partial charge >= 0.3 is 5.97 Å². The molecule has 0 unspecified atom stereocenters. The molecule has 1 fully saturated rings. The van der Waals surface area contributed by atoms with E-state index in [0.29, 0.717) is 24.5 Å². The molecule has 1 saturated heterocycles. The predicted molar refractivity (Wildman–Crippen MR) is 81.8 cm³/mol. The van der Waals surface area contributed by atoms with Gasteiger partial charge in [-0.05, 0) is 19.2 Å². The van der Waals surface area contributed by atoms with Gasteiger partial charge in [0.15, 0.2) is 5.82 Å². The van der Waals surface area contributed by atoms with Crippen molar-refractivity contribution in [2.45, 2.75) is 6.04 Å². The summed E-state index contributed by atoms with van der Waals surface area (Å²) in [6, 6.07) is 6.35. The van der Waals surface area contributed by atoms with Gasteiger partial charge in [0.25, 0.3) is 5.91 Å². The number of benzene rings is 1. The van der Waals surface area contributed by atoms with Crippen molar-refractivity contribution in [3.8, 4) is 11.4 Å². The number of carbonyl (C=O) groups is 2. The average molecular weight is 315 g/mol. The number of piperazine rings is 1.